The number of rotatable bonds is 2. The largest absolute Gasteiger partial charge is 0.381 e. The van der Waals surface area contributed by atoms with Crippen molar-refractivity contribution in [1.29, 1.82) is 0 Å². The highest BCUT2D eigenvalue weighted by Crippen LogP contribution is 2.35. The zero-order valence-corrected chi connectivity index (χ0v) is 9.63. The quantitative estimate of drug-likeness (QED) is 0.695. The van der Waals surface area contributed by atoms with E-state index in [1.807, 2.05) is 0 Å². The van der Waals surface area contributed by atoms with Crippen LogP contribution in [0.5, 0.6) is 0 Å². The fourth-order valence-electron chi connectivity index (χ4n) is 2.99. The average molecular weight is 211 g/mol. The molecule has 0 amide bonds. The molecule has 2 aliphatic heterocycles. The lowest BCUT2D eigenvalue weighted by atomic mass is 9.86. The van der Waals surface area contributed by atoms with Crippen molar-refractivity contribution in [2.45, 2.75) is 44.6 Å². The normalized spacial score (nSPS) is 33.5. The molecular formula is C12H21NO2. The smallest absolute Gasteiger partial charge is 0.154 e. The first-order valence-electron chi connectivity index (χ1n) is 6.16. The van der Waals surface area contributed by atoms with Crippen LogP contribution in [0.4, 0.5) is 0 Å². The topological polar surface area (TPSA) is 29.5 Å². The summed E-state index contributed by atoms with van der Waals surface area (Å²) in [5.41, 5.74) is -0.146. The van der Waals surface area contributed by atoms with Gasteiger partial charge in [0, 0.05) is 26.2 Å². The van der Waals surface area contributed by atoms with E-state index in [9.17, 15) is 4.79 Å². The van der Waals surface area contributed by atoms with Gasteiger partial charge >= 0.3 is 0 Å². The van der Waals surface area contributed by atoms with Crippen molar-refractivity contribution in [3.8, 4) is 0 Å². The van der Waals surface area contributed by atoms with Gasteiger partial charge in [0.1, 0.15) is 0 Å². The molecule has 0 aromatic heterocycles. The first-order chi connectivity index (χ1) is 7.29. The van der Waals surface area contributed by atoms with Gasteiger partial charge in [-0.2, -0.15) is 0 Å². The summed E-state index contributed by atoms with van der Waals surface area (Å²) >= 11 is 0. The molecule has 2 heterocycles. The second-order valence-corrected chi connectivity index (χ2v) is 4.66. The zero-order valence-electron chi connectivity index (χ0n) is 9.63. The molecule has 1 spiro atoms. The van der Waals surface area contributed by atoms with Crippen molar-refractivity contribution in [2.24, 2.45) is 0 Å². The zero-order chi connectivity index (χ0) is 10.7. The van der Waals surface area contributed by atoms with Gasteiger partial charge in [0.05, 0.1) is 5.54 Å². The van der Waals surface area contributed by atoms with Gasteiger partial charge in [0.2, 0.25) is 0 Å². The van der Waals surface area contributed by atoms with E-state index in [2.05, 4.69) is 11.8 Å². The minimum Gasteiger partial charge on any atom is -0.381 e. The van der Waals surface area contributed by atoms with Gasteiger partial charge in [-0.05, 0) is 32.2 Å². The Labute approximate surface area is 91.8 Å². The lowest BCUT2D eigenvalue weighted by Gasteiger charge is -2.35. The van der Waals surface area contributed by atoms with Crippen molar-refractivity contribution in [3.05, 3.63) is 0 Å². The van der Waals surface area contributed by atoms with Crippen molar-refractivity contribution in [3.63, 3.8) is 0 Å². The van der Waals surface area contributed by atoms with Gasteiger partial charge in [-0.15, -0.1) is 0 Å². The Balaban J connectivity index is 2.15. The lowest BCUT2D eigenvalue weighted by molar-refractivity contribution is -0.126. The van der Waals surface area contributed by atoms with Crippen molar-refractivity contribution < 1.29 is 9.53 Å². The van der Waals surface area contributed by atoms with Crippen LogP contribution in [-0.4, -0.2) is 42.5 Å². The molecule has 15 heavy (non-hydrogen) atoms. The summed E-state index contributed by atoms with van der Waals surface area (Å²) in [6.45, 7) is 5.79. The number of carbonyl (C=O) groups is 1. The molecule has 86 valence electrons. The van der Waals surface area contributed by atoms with Crippen LogP contribution in [0.1, 0.15) is 39.0 Å². The van der Waals surface area contributed by atoms with E-state index in [0.717, 1.165) is 58.4 Å². The monoisotopic (exact) mass is 211 g/mol. The van der Waals surface area contributed by atoms with Crippen LogP contribution in [0.3, 0.4) is 0 Å². The van der Waals surface area contributed by atoms with E-state index in [0.29, 0.717) is 5.78 Å². The number of ketones is 1. The van der Waals surface area contributed by atoms with Gasteiger partial charge in [-0.25, -0.2) is 0 Å². The molecular weight excluding hydrogens is 190 g/mol. The van der Waals surface area contributed by atoms with Crippen LogP contribution in [0, 0.1) is 0 Å². The highest BCUT2D eigenvalue weighted by molar-refractivity contribution is 5.90. The van der Waals surface area contributed by atoms with Gasteiger partial charge in [-0.3, -0.25) is 9.69 Å². The first kappa shape index (κ1) is 11.1. The number of hydrogen-bond acceptors (Lipinski definition) is 3. The Kier molecular flexibility index (Phi) is 3.42. The van der Waals surface area contributed by atoms with E-state index in [1.165, 1.54) is 0 Å². The Hall–Kier alpha value is -0.410. The number of nitrogens with zero attached hydrogens (tertiary/aromatic N) is 1. The third-order valence-corrected chi connectivity index (χ3v) is 3.77. The molecule has 2 saturated heterocycles. The molecule has 2 fully saturated rings. The molecule has 0 radical (unpaired) electrons. The van der Waals surface area contributed by atoms with Crippen LogP contribution in [0.15, 0.2) is 0 Å². The van der Waals surface area contributed by atoms with Crippen LogP contribution in [-0.2, 0) is 9.53 Å². The molecule has 0 saturated carbocycles. The fourth-order valence-corrected chi connectivity index (χ4v) is 2.99. The third-order valence-electron chi connectivity index (χ3n) is 3.77. The van der Waals surface area contributed by atoms with Crippen LogP contribution in [0.2, 0.25) is 0 Å². The standard InChI is InChI=1S/C12H21NO2/c1-2-7-13-8-4-11(14)12(13)5-3-9-15-10-6-12/h2-10H2,1H3. The molecule has 3 nitrogen and oxygen atoms in total. The molecule has 0 aliphatic carbocycles. The van der Waals surface area contributed by atoms with Gasteiger partial charge in [-0.1, -0.05) is 6.92 Å². The Morgan fingerprint density at radius 2 is 2.27 bits per heavy atom. The molecule has 1 atom stereocenters. The summed E-state index contributed by atoms with van der Waals surface area (Å²) in [4.78, 5) is 14.5. The minimum absolute atomic E-state index is 0.146. The van der Waals surface area contributed by atoms with E-state index in [1.54, 1.807) is 0 Å². The SMILES string of the molecule is CCCN1CCC(=O)C12CCCOCC2. The minimum atomic E-state index is -0.146. The van der Waals surface area contributed by atoms with Crippen molar-refractivity contribution >= 4 is 5.78 Å². The Morgan fingerprint density at radius 3 is 3.07 bits per heavy atom. The van der Waals surface area contributed by atoms with E-state index in [-0.39, 0.29) is 5.54 Å². The van der Waals surface area contributed by atoms with Crippen molar-refractivity contribution in [1.82, 2.24) is 4.90 Å². The predicted octanol–water partition coefficient (Wildman–Crippen LogP) is 1.61. The maximum atomic E-state index is 12.1. The van der Waals surface area contributed by atoms with Gasteiger partial charge in [0.15, 0.2) is 5.78 Å². The second-order valence-electron chi connectivity index (χ2n) is 4.66. The molecule has 1 unspecified atom stereocenters. The molecule has 0 aromatic carbocycles. The van der Waals surface area contributed by atoms with E-state index in [4.69, 9.17) is 4.74 Å². The van der Waals surface area contributed by atoms with Crippen LogP contribution in [0.25, 0.3) is 0 Å². The van der Waals surface area contributed by atoms with Crippen molar-refractivity contribution in [2.75, 3.05) is 26.3 Å². The summed E-state index contributed by atoms with van der Waals surface area (Å²) < 4.78 is 5.48. The predicted molar refractivity (Wildman–Crippen MR) is 58.9 cm³/mol. The molecule has 3 heteroatoms. The molecule has 2 rings (SSSR count). The number of likely N-dealkylation sites (tertiary alicyclic amines) is 1. The van der Waals surface area contributed by atoms with Crippen LogP contribution < -0.4 is 0 Å². The highest BCUT2D eigenvalue weighted by atomic mass is 16.5. The average Bonchev–Trinajstić information content (AvgIpc) is 2.46. The number of carbonyl (C=O) groups excluding carboxylic acids is 1. The summed E-state index contributed by atoms with van der Waals surface area (Å²) in [7, 11) is 0. The van der Waals surface area contributed by atoms with E-state index >= 15 is 0 Å². The summed E-state index contributed by atoms with van der Waals surface area (Å²) in [5.74, 6) is 0.460. The molecule has 2 aliphatic rings. The fraction of sp³-hybridized carbons (Fsp3) is 0.917. The maximum absolute atomic E-state index is 12.1. The summed E-state index contributed by atoms with van der Waals surface area (Å²) in [6, 6.07) is 0. The number of Topliss-reactive ketones (excluding diaryl/α,β-unsaturated/α-hetero) is 1. The molecule has 0 bridgehead atoms. The maximum Gasteiger partial charge on any atom is 0.154 e. The van der Waals surface area contributed by atoms with Crippen LogP contribution >= 0.6 is 0 Å². The van der Waals surface area contributed by atoms with Gasteiger partial charge in [0.25, 0.3) is 0 Å². The molecule has 0 N–H and O–H groups in total. The first-order valence-corrected chi connectivity index (χ1v) is 6.16. The van der Waals surface area contributed by atoms with E-state index < -0.39 is 0 Å². The highest BCUT2D eigenvalue weighted by Gasteiger charge is 2.47. The molecule has 0 aromatic rings. The summed E-state index contributed by atoms with van der Waals surface area (Å²) in [5, 5.41) is 0. The third kappa shape index (κ3) is 1.95. The second kappa shape index (κ2) is 4.62. The Morgan fingerprint density at radius 1 is 1.40 bits per heavy atom. The summed E-state index contributed by atoms with van der Waals surface area (Å²) in [6.07, 6.45) is 4.83. The Bertz CT molecular complexity index is 232. The van der Waals surface area contributed by atoms with Gasteiger partial charge < -0.3 is 4.74 Å². The lowest BCUT2D eigenvalue weighted by Crippen LogP contribution is -2.48. The number of hydrogen-bond donors (Lipinski definition) is 0. The number of ether oxygens (including phenoxy) is 1.